The van der Waals surface area contributed by atoms with E-state index >= 15 is 0 Å². The Kier molecular flexibility index (Phi) is 3.34. The van der Waals surface area contributed by atoms with Gasteiger partial charge in [0.05, 0.1) is 16.7 Å². The summed E-state index contributed by atoms with van der Waals surface area (Å²) in [6.07, 6.45) is 1.77. The quantitative estimate of drug-likeness (QED) is 0.541. The van der Waals surface area contributed by atoms with Gasteiger partial charge in [-0.15, -0.1) is 5.10 Å². The predicted molar refractivity (Wildman–Crippen MR) is 76.7 cm³/mol. The van der Waals surface area contributed by atoms with Gasteiger partial charge >= 0.3 is 0 Å². The van der Waals surface area contributed by atoms with Crippen LogP contribution in [-0.2, 0) is 0 Å². The third-order valence-electron chi connectivity index (χ3n) is 2.84. The Labute approximate surface area is 120 Å². The van der Waals surface area contributed by atoms with Gasteiger partial charge < -0.3 is 4.74 Å². The minimum absolute atomic E-state index is 0.0185. The Morgan fingerprint density at radius 3 is 2.62 bits per heavy atom. The average molecular weight is 281 g/mol. The highest BCUT2D eigenvalue weighted by atomic mass is 16.6. The topological polar surface area (TPSA) is 70.2 Å². The summed E-state index contributed by atoms with van der Waals surface area (Å²) in [5.74, 6) is 0.752. The molecule has 0 unspecified atom stereocenters. The summed E-state index contributed by atoms with van der Waals surface area (Å²) < 4.78 is 7.21. The number of hydrogen-bond donors (Lipinski definition) is 0. The van der Waals surface area contributed by atoms with Crippen LogP contribution in [0.1, 0.15) is 0 Å². The number of benzene rings is 2. The molecule has 0 amide bonds. The van der Waals surface area contributed by atoms with Crippen molar-refractivity contribution in [3.8, 4) is 17.3 Å². The summed E-state index contributed by atoms with van der Waals surface area (Å²) in [5.41, 5.74) is 0.890. The minimum atomic E-state index is -0.463. The highest BCUT2D eigenvalue weighted by Crippen LogP contribution is 2.24. The van der Waals surface area contributed by atoms with Crippen molar-refractivity contribution in [3.63, 3.8) is 0 Å². The highest BCUT2D eigenvalue weighted by molar-refractivity contribution is 5.39. The van der Waals surface area contributed by atoms with E-state index in [0.717, 1.165) is 5.69 Å². The first kappa shape index (κ1) is 12.9. The third kappa shape index (κ3) is 2.89. The summed E-state index contributed by atoms with van der Waals surface area (Å²) in [7, 11) is 0. The number of hydrogen-bond acceptors (Lipinski definition) is 4. The van der Waals surface area contributed by atoms with Crippen LogP contribution in [0.2, 0.25) is 0 Å². The molecule has 0 saturated heterocycles. The maximum absolute atomic E-state index is 10.7. The molecule has 6 heteroatoms. The Hall–Kier alpha value is -3.15. The number of para-hydroxylation sites is 1. The standard InChI is InChI=1S/C15H11N3O3/c19-18(20)13-7-4-8-14(11-13)21-15-9-10-17(16-15)12-5-2-1-3-6-12/h1-11H. The molecule has 0 saturated carbocycles. The summed E-state index contributed by atoms with van der Waals surface area (Å²) in [6.45, 7) is 0. The molecule has 0 aliphatic rings. The van der Waals surface area contributed by atoms with Crippen LogP contribution in [0.3, 0.4) is 0 Å². The van der Waals surface area contributed by atoms with Crippen LogP contribution >= 0.6 is 0 Å². The second kappa shape index (κ2) is 5.46. The second-order valence-corrected chi connectivity index (χ2v) is 4.29. The molecule has 0 radical (unpaired) electrons. The first-order valence-corrected chi connectivity index (χ1v) is 6.26. The molecule has 104 valence electrons. The second-order valence-electron chi connectivity index (χ2n) is 4.29. The van der Waals surface area contributed by atoms with Crippen molar-refractivity contribution >= 4 is 5.69 Å². The lowest BCUT2D eigenvalue weighted by Gasteiger charge is -2.02. The van der Waals surface area contributed by atoms with Crippen molar-refractivity contribution in [1.82, 2.24) is 9.78 Å². The van der Waals surface area contributed by atoms with Gasteiger partial charge in [0.2, 0.25) is 5.88 Å². The summed E-state index contributed by atoms with van der Waals surface area (Å²) >= 11 is 0. The Balaban J connectivity index is 1.82. The molecule has 3 rings (SSSR count). The van der Waals surface area contributed by atoms with Gasteiger partial charge in [0.15, 0.2) is 0 Å². The number of ether oxygens (including phenoxy) is 1. The first-order chi connectivity index (χ1) is 10.2. The maximum Gasteiger partial charge on any atom is 0.273 e. The van der Waals surface area contributed by atoms with E-state index in [2.05, 4.69) is 5.10 Å². The van der Waals surface area contributed by atoms with E-state index in [1.54, 1.807) is 29.1 Å². The van der Waals surface area contributed by atoms with Crippen LogP contribution in [0.5, 0.6) is 11.6 Å². The van der Waals surface area contributed by atoms with Gasteiger partial charge in [-0.2, -0.15) is 0 Å². The van der Waals surface area contributed by atoms with E-state index in [4.69, 9.17) is 4.74 Å². The van der Waals surface area contributed by atoms with Crippen LogP contribution in [0.25, 0.3) is 5.69 Å². The van der Waals surface area contributed by atoms with Crippen molar-refractivity contribution in [3.05, 3.63) is 77.0 Å². The molecule has 0 aliphatic carbocycles. The van der Waals surface area contributed by atoms with E-state index in [1.165, 1.54) is 12.1 Å². The highest BCUT2D eigenvalue weighted by Gasteiger charge is 2.08. The molecule has 0 aliphatic heterocycles. The number of nitrogens with zero attached hydrogens (tertiary/aromatic N) is 3. The Morgan fingerprint density at radius 2 is 1.86 bits per heavy atom. The molecule has 0 N–H and O–H groups in total. The number of rotatable bonds is 4. The summed E-state index contributed by atoms with van der Waals surface area (Å²) in [5, 5.41) is 15.0. The lowest BCUT2D eigenvalue weighted by molar-refractivity contribution is -0.384. The monoisotopic (exact) mass is 281 g/mol. The molecule has 0 bridgehead atoms. The normalized spacial score (nSPS) is 10.3. The van der Waals surface area contributed by atoms with Crippen LogP contribution < -0.4 is 4.74 Å². The number of aromatic nitrogens is 2. The van der Waals surface area contributed by atoms with Crippen molar-refractivity contribution in [2.24, 2.45) is 0 Å². The van der Waals surface area contributed by atoms with Crippen LogP contribution in [-0.4, -0.2) is 14.7 Å². The average Bonchev–Trinajstić information content (AvgIpc) is 2.97. The maximum atomic E-state index is 10.7. The summed E-state index contributed by atoms with van der Waals surface area (Å²) in [4.78, 5) is 10.3. The molecule has 2 aromatic carbocycles. The largest absolute Gasteiger partial charge is 0.437 e. The fraction of sp³-hybridized carbons (Fsp3) is 0. The van der Waals surface area contributed by atoms with Gasteiger partial charge in [-0.3, -0.25) is 10.1 Å². The van der Waals surface area contributed by atoms with Gasteiger partial charge in [-0.25, -0.2) is 4.68 Å². The lowest BCUT2D eigenvalue weighted by atomic mass is 10.3. The molecule has 0 spiro atoms. The molecule has 1 aromatic heterocycles. The Morgan fingerprint density at radius 1 is 1.05 bits per heavy atom. The molecule has 3 aromatic rings. The van der Waals surface area contributed by atoms with E-state index in [0.29, 0.717) is 11.6 Å². The fourth-order valence-corrected chi connectivity index (χ4v) is 1.87. The van der Waals surface area contributed by atoms with Crippen molar-refractivity contribution < 1.29 is 9.66 Å². The van der Waals surface area contributed by atoms with Crippen molar-refractivity contribution in [2.45, 2.75) is 0 Å². The van der Waals surface area contributed by atoms with Gasteiger partial charge in [0, 0.05) is 18.3 Å². The van der Waals surface area contributed by atoms with Crippen LogP contribution in [0.4, 0.5) is 5.69 Å². The van der Waals surface area contributed by atoms with E-state index < -0.39 is 4.92 Å². The first-order valence-electron chi connectivity index (χ1n) is 6.26. The van der Waals surface area contributed by atoms with Crippen LogP contribution in [0, 0.1) is 10.1 Å². The number of nitro benzene ring substituents is 1. The summed E-state index contributed by atoms with van der Waals surface area (Å²) in [6, 6.07) is 17.3. The Bertz CT molecular complexity index is 769. The number of nitro groups is 1. The zero-order valence-corrected chi connectivity index (χ0v) is 10.9. The molecule has 0 fully saturated rings. The lowest BCUT2D eigenvalue weighted by Crippen LogP contribution is -1.95. The SMILES string of the molecule is O=[N+]([O-])c1cccc(Oc2ccn(-c3ccccc3)n2)c1. The van der Waals surface area contributed by atoms with Gasteiger partial charge in [0.25, 0.3) is 5.69 Å². The third-order valence-corrected chi connectivity index (χ3v) is 2.84. The fourth-order valence-electron chi connectivity index (χ4n) is 1.87. The molecular formula is C15H11N3O3. The van der Waals surface area contributed by atoms with E-state index in [9.17, 15) is 10.1 Å². The molecule has 1 heterocycles. The number of non-ortho nitro benzene ring substituents is 1. The molecule has 6 nitrogen and oxygen atoms in total. The zero-order valence-electron chi connectivity index (χ0n) is 10.9. The van der Waals surface area contributed by atoms with E-state index in [-0.39, 0.29) is 5.69 Å². The smallest absolute Gasteiger partial charge is 0.273 e. The van der Waals surface area contributed by atoms with Crippen molar-refractivity contribution in [1.29, 1.82) is 0 Å². The van der Waals surface area contributed by atoms with E-state index in [1.807, 2.05) is 30.3 Å². The van der Waals surface area contributed by atoms with Gasteiger partial charge in [-0.05, 0) is 18.2 Å². The van der Waals surface area contributed by atoms with Gasteiger partial charge in [-0.1, -0.05) is 24.3 Å². The molecule has 0 atom stereocenters. The van der Waals surface area contributed by atoms with Crippen LogP contribution in [0.15, 0.2) is 66.9 Å². The molecule has 21 heavy (non-hydrogen) atoms. The molecular weight excluding hydrogens is 270 g/mol. The van der Waals surface area contributed by atoms with Crippen molar-refractivity contribution in [2.75, 3.05) is 0 Å². The minimum Gasteiger partial charge on any atom is -0.437 e. The zero-order chi connectivity index (χ0) is 14.7. The predicted octanol–water partition coefficient (Wildman–Crippen LogP) is 3.57. The van der Waals surface area contributed by atoms with Gasteiger partial charge in [0.1, 0.15) is 5.75 Å².